The molecule has 1 saturated heterocycles. The van der Waals surface area contributed by atoms with Gasteiger partial charge in [0.05, 0.1) is 5.92 Å². The fourth-order valence-electron chi connectivity index (χ4n) is 3.40. The number of halogens is 1. The number of hydrogen-bond acceptors (Lipinski definition) is 4. The molecule has 144 valence electrons. The van der Waals surface area contributed by atoms with Crippen molar-refractivity contribution in [3.8, 4) is 0 Å². The number of anilines is 1. The van der Waals surface area contributed by atoms with E-state index in [-0.39, 0.29) is 29.7 Å². The number of hydrogen-bond donors (Lipinski definition) is 1. The summed E-state index contributed by atoms with van der Waals surface area (Å²) in [5.41, 5.74) is -0.0640. The standard InChI is InChI=1S/C19H23FN4O3/c1-22-16(10-17(25)23(2)19(22)27)24-8-4-6-14(12-24)18(26)21-11-13-5-3-7-15(20)9-13/h3,5,7,9-10,14H,4,6,8,11-12H2,1-2H3,(H,21,26)/t14-/m1/s1. The molecule has 1 amide bonds. The molecule has 0 saturated carbocycles. The van der Waals surface area contributed by atoms with Crippen molar-refractivity contribution in [1.29, 1.82) is 0 Å². The molecular weight excluding hydrogens is 351 g/mol. The van der Waals surface area contributed by atoms with E-state index >= 15 is 0 Å². The van der Waals surface area contributed by atoms with Crippen molar-refractivity contribution in [3.63, 3.8) is 0 Å². The second kappa shape index (κ2) is 7.77. The molecule has 0 aliphatic carbocycles. The van der Waals surface area contributed by atoms with Crippen LogP contribution in [-0.2, 0) is 25.4 Å². The van der Waals surface area contributed by atoms with Gasteiger partial charge in [-0.1, -0.05) is 12.1 Å². The summed E-state index contributed by atoms with van der Waals surface area (Å²) in [6, 6.07) is 7.54. The molecule has 1 fully saturated rings. The van der Waals surface area contributed by atoms with E-state index in [1.54, 1.807) is 19.2 Å². The van der Waals surface area contributed by atoms with Crippen molar-refractivity contribution in [2.45, 2.75) is 19.4 Å². The number of rotatable bonds is 4. The van der Waals surface area contributed by atoms with Crippen LogP contribution in [0, 0.1) is 11.7 Å². The van der Waals surface area contributed by atoms with Gasteiger partial charge in [-0.25, -0.2) is 9.18 Å². The number of benzene rings is 1. The highest BCUT2D eigenvalue weighted by molar-refractivity contribution is 5.79. The molecule has 0 radical (unpaired) electrons. The Kier molecular flexibility index (Phi) is 5.43. The second-order valence-corrected chi connectivity index (χ2v) is 6.87. The lowest BCUT2D eigenvalue weighted by Crippen LogP contribution is -2.46. The molecule has 1 N–H and O–H groups in total. The maximum absolute atomic E-state index is 13.2. The summed E-state index contributed by atoms with van der Waals surface area (Å²) in [4.78, 5) is 38.6. The molecular formula is C19H23FN4O3. The monoisotopic (exact) mass is 374 g/mol. The average molecular weight is 374 g/mol. The largest absolute Gasteiger partial charge is 0.357 e. The highest BCUT2D eigenvalue weighted by atomic mass is 19.1. The lowest BCUT2D eigenvalue weighted by Gasteiger charge is -2.34. The normalized spacial score (nSPS) is 17.0. The van der Waals surface area contributed by atoms with Crippen LogP contribution in [0.1, 0.15) is 18.4 Å². The molecule has 27 heavy (non-hydrogen) atoms. The molecule has 3 rings (SSSR count). The maximum Gasteiger partial charge on any atom is 0.332 e. The van der Waals surface area contributed by atoms with E-state index in [1.807, 2.05) is 4.90 Å². The Morgan fingerprint density at radius 1 is 1.22 bits per heavy atom. The highest BCUT2D eigenvalue weighted by Gasteiger charge is 2.27. The molecule has 2 heterocycles. The quantitative estimate of drug-likeness (QED) is 0.857. The molecule has 8 heteroatoms. The Labute approximate surface area is 156 Å². The lowest BCUT2D eigenvalue weighted by molar-refractivity contribution is -0.125. The zero-order valence-electron chi connectivity index (χ0n) is 15.4. The van der Waals surface area contributed by atoms with Gasteiger partial charge in [0.2, 0.25) is 5.91 Å². The van der Waals surface area contributed by atoms with E-state index < -0.39 is 5.69 Å². The van der Waals surface area contributed by atoms with Gasteiger partial charge >= 0.3 is 5.69 Å². The summed E-state index contributed by atoms with van der Waals surface area (Å²) in [5, 5.41) is 2.85. The number of aromatic nitrogens is 2. The van der Waals surface area contributed by atoms with Crippen LogP contribution in [0.2, 0.25) is 0 Å². The molecule has 0 spiro atoms. The molecule has 1 aliphatic rings. The van der Waals surface area contributed by atoms with Crippen LogP contribution in [0.3, 0.4) is 0 Å². The van der Waals surface area contributed by atoms with Crippen molar-refractivity contribution in [2.75, 3.05) is 18.0 Å². The third kappa shape index (κ3) is 4.10. The topological polar surface area (TPSA) is 76.3 Å². The van der Waals surface area contributed by atoms with Crippen molar-refractivity contribution >= 4 is 11.7 Å². The minimum absolute atomic E-state index is 0.113. The third-order valence-corrected chi connectivity index (χ3v) is 4.97. The van der Waals surface area contributed by atoms with Crippen molar-refractivity contribution < 1.29 is 9.18 Å². The summed E-state index contributed by atoms with van der Waals surface area (Å²) < 4.78 is 15.7. The van der Waals surface area contributed by atoms with Crippen molar-refractivity contribution in [3.05, 3.63) is 62.6 Å². The smallest absolute Gasteiger partial charge is 0.332 e. The van der Waals surface area contributed by atoms with Gasteiger partial charge in [0.1, 0.15) is 11.6 Å². The van der Waals surface area contributed by atoms with E-state index in [4.69, 9.17) is 0 Å². The Morgan fingerprint density at radius 2 is 2.00 bits per heavy atom. The molecule has 1 atom stereocenters. The molecule has 7 nitrogen and oxygen atoms in total. The first kappa shape index (κ1) is 18.9. The van der Waals surface area contributed by atoms with Crippen LogP contribution in [0.5, 0.6) is 0 Å². The summed E-state index contributed by atoms with van der Waals surface area (Å²) in [7, 11) is 3.05. The van der Waals surface area contributed by atoms with E-state index in [0.717, 1.165) is 17.4 Å². The van der Waals surface area contributed by atoms with E-state index in [0.29, 0.717) is 24.5 Å². The Morgan fingerprint density at radius 3 is 2.74 bits per heavy atom. The van der Waals surface area contributed by atoms with Crippen molar-refractivity contribution in [1.82, 2.24) is 14.5 Å². The number of carbonyl (C=O) groups excluding carboxylic acids is 1. The van der Waals surface area contributed by atoms with Crippen LogP contribution in [0.15, 0.2) is 39.9 Å². The van der Waals surface area contributed by atoms with E-state index in [9.17, 15) is 18.8 Å². The molecule has 1 aromatic heterocycles. The van der Waals surface area contributed by atoms with Gasteiger partial charge in [0.15, 0.2) is 0 Å². The predicted molar refractivity (Wildman–Crippen MR) is 100 cm³/mol. The van der Waals surface area contributed by atoms with Crippen LogP contribution >= 0.6 is 0 Å². The van der Waals surface area contributed by atoms with Gasteiger partial charge in [0.25, 0.3) is 5.56 Å². The third-order valence-electron chi connectivity index (χ3n) is 4.97. The maximum atomic E-state index is 13.2. The van der Waals surface area contributed by atoms with Crippen LogP contribution in [0.25, 0.3) is 0 Å². The number of nitrogens with one attached hydrogen (secondary N) is 1. The fraction of sp³-hybridized carbons (Fsp3) is 0.421. The molecule has 0 unspecified atom stereocenters. The first-order chi connectivity index (χ1) is 12.9. The Hall–Kier alpha value is -2.90. The number of piperidine rings is 1. The van der Waals surface area contributed by atoms with Crippen LogP contribution < -0.4 is 21.5 Å². The van der Waals surface area contributed by atoms with Gasteiger partial charge < -0.3 is 10.2 Å². The second-order valence-electron chi connectivity index (χ2n) is 6.87. The minimum Gasteiger partial charge on any atom is -0.357 e. The predicted octanol–water partition coefficient (Wildman–Crippen LogP) is 0.756. The molecule has 1 aromatic carbocycles. The average Bonchev–Trinajstić information content (AvgIpc) is 2.67. The number of carbonyl (C=O) groups is 1. The van der Waals surface area contributed by atoms with Crippen LogP contribution in [0.4, 0.5) is 10.2 Å². The van der Waals surface area contributed by atoms with E-state index in [2.05, 4.69) is 5.32 Å². The SMILES string of the molecule is Cn1c(N2CCC[C@@H](C(=O)NCc3cccc(F)c3)C2)cc(=O)n(C)c1=O. The number of nitrogens with zero attached hydrogens (tertiary/aromatic N) is 3. The van der Waals surface area contributed by atoms with E-state index in [1.165, 1.54) is 29.8 Å². The molecule has 2 aromatic rings. The minimum atomic E-state index is -0.393. The Bertz CT molecular complexity index is 966. The zero-order valence-corrected chi connectivity index (χ0v) is 15.4. The lowest BCUT2D eigenvalue weighted by atomic mass is 9.97. The summed E-state index contributed by atoms with van der Waals surface area (Å²) in [6.07, 6.45) is 1.51. The van der Waals surface area contributed by atoms with Gasteiger partial charge in [-0.05, 0) is 30.5 Å². The van der Waals surface area contributed by atoms with Gasteiger partial charge in [-0.2, -0.15) is 0 Å². The van der Waals surface area contributed by atoms with Crippen molar-refractivity contribution in [2.24, 2.45) is 20.0 Å². The zero-order chi connectivity index (χ0) is 19.6. The summed E-state index contributed by atoms with van der Waals surface area (Å²) >= 11 is 0. The van der Waals surface area contributed by atoms with Gasteiger partial charge in [-0.15, -0.1) is 0 Å². The fourth-order valence-corrected chi connectivity index (χ4v) is 3.40. The van der Waals surface area contributed by atoms with Crippen LogP contribution in [-0.4, -0.2) is 28.1 Å². The van der Waals surface area contributed by atoms with Gasteiger partial charge in [0, 0.05) is 39.8 Å². The first-order valence-corrected chi connectivity index (χ1v) is 8.91. The van der Waals surface area contributed by atoms with Gasteiger partial charge in [-0.3, -0.25) is 18.7 Å². The molecule has 0 bridgehead atoms. The summed E-state index contributed by atoms with van der Waals surface area (Å²) in [5.74, 6) is -0.188. The first-order valence-electron chi connectivity index (χ1n) is 8.91. The highest BCUT2D eigenvalue weighted by Crippen LogP contribution is 2.21. The Balaban J connectivity index is 1.70. The number of amides is 1. The molecule has 1 aliphatic heterocycles. The summed E-state index contributed by atoms with van der Waals surface area (Å²) in [6.45, 7) is 1.36.